The molecular weight excluding hydrogens is 400 g/mol. The van der Waals surface area contributed by atoms with Gasteiger partial charge in [0, 0.05) is 11.4 Å². The second-order valence-electron chi connectivity index (χ2n) is 6.60. The molecule has 3 aromatic carbocycles. The van der Waals surface area contributed by atoms with Crippen molar-refractivity contribution in [1.82, 2.24) is 5.43 Å². The summed E-state index contributed by atoms with van der Waals surface area (Å²) in [4.78, 5) is 11.9. The van der Waals surface area contributed by atoms with Gasteiger partial charge in [-0.3, -0.25) is 4.79 Å². The maximum atomic E-state index is 11.9. The van der Waals surface area contributed by atoms with E-state index in [1.165, 1.54) is 0 Å². The predicted molar refractivity (Wildman–Crippen MR) is 119 cm³/mol. The van der Waals surface area contributed by atoms with Crippen molar-refractivity contribution in [2.45, 2.75) is 19.4 Å². The molecule has 30 heavy (non-hydrogen) atoms. The quantitative estimate of drug-likeness (QED) is 0.389. The first kappa shape index (κ1) is 21.4. The topological polar surface area (TPSA) is 59.9 Å². The van der Waals surface area contributed by atoms with Crippen LogP contribution in [0.25, 0.3) is 0 Å². The Morgan fingerprint density at radius 1 is 1.00 bits per heavy atom. The molecule has 0 spiro atoms. The molecule has 3 rings (SSSR count). The number of halogens is 1. The Hall–Kier alpha value is -3.31. The van der Waals surface area contributed by atoms with Crippen LogP contribution in [0.5, 0.6) is 11.5 Å². The zero-order chi connectivity index (χ0) is 21.2. The first-order valence-electron chi connectivity index (χ1n) is 9.55. The van der Waals surface area contributed by atoms with Crippen molar-refractivity contribution in [3.05, 3.63) is 94.5 Å². The first-order valence-corrected chi connectivity index (χ1v) is 9.93. The van der Waals surface area contributed by atoms with Crippen LogP contribution in [0.15, 0.2) is 77.9 Å². The molecule has 0 aliphatic rings. The summed E-state index contributed by atoms with van der Waals surface area (Å²) in [6.07, 6.45) is 2.63. The number of benzene rings is 3. The molecule has 0 fully saturated rings. The van der Waals surface area contributed by atoms with Crippen molar-refractivity contribution in [3.63, 3.8) is 0 Å². The molecular formula is C24H23ClN2O3. The lowest BCUT2D eigenvalue weighted by molar-refractivity contribution is -0.121. The molecule has 0 saturated heterocycles. The van der Waals surface area contributed by atoms with E-state index in [1.807, 2.05) is 66.7 Å². The third kappa shape index (κ3) is 6.64. The van der Waals surface area contributed by atoms with Crippen LogP contribution in [0.3, 0.4) is 0 Å². The molecule has 1 amide bonds. The van der Waals surface area contributed by atoms with Crippen molar-refractivity contribution in [2.24, 2.45) is 5.10 Å². The number of hydrogen-bond acceptors (Lipinski definition) is 4. The largest absolute Gasteiger partial charge is 0.493 e. The number of hydrazone groups is 1. The summed E-state index contributed by atoms with van der Waals surface area (Å²) < 4.78 is 11.3. The lowest BCUT2D eigenvalue weighted by Gasteiger charge is -2.11. The number of nitrogens with one attached hydrogen (secondary N) is 1. The van der Waals surface area contributed by atoms with Gasteiger partial charge in [-0.15, -0.1) is 0 Å². The highest BCUT2D eigenvalue weighted by Gasteiger charge is 2.06. The van der Waals surface area contributed by atoms with Crippen LogP contribution in [0.4, 0.5) is 0 Å². The van der Waals surface area contributed by atoms with Crippen molar-refractivity contribution in [2.75, 3.05) is 7.11 Å². The van der Waals surface area contributed by atoms with Gasteiger partial charge in [-0.05, 0) is 53.4 Å². The minimum absolute atomic E-state index is 0.134. The summed E-state index contributed by atoms with van der Waals surface area (Å²) in [6, 6.07) is 22.8. The molecule has 0 aliphatic carbocycles. The van der Waals surface area contributed by atoms with E-state index in [9.17, 15) is 4.79 Å². The number of carbonyl (C=O) groups is 1. The summed E-state index contributed by atoms with van der Waals surface area (Å²) in [5, 5.41) is 4.71. The number of amides is 1. The summed E-state index contributed by atoms with van der Waals surface area (Å²) in [6.45, 7) is 0.401. The van der Waals surface area contributed by atoms with Gasteiger partial charge in [0.2, 0.25) is 5.91 Å². The van der Waals surface area contributed by atoms with Crippen LogP contribution in [0.1, 0.15) is 23.1 Å². The van der Waals surface area contributed by atoms with Crippen LogP contribution in [-0.2, 0) is 17.8 Å². The highest BCUT2D eigenvalue weighted by atomic mass is 35.5. The fourth-order valence-electron chi connectivity index (χ4n) is 2.76. The van der Waals surface area contributed by atoms with Crippen LogP contribution < -0.4 is 14.9 Å². The van der Waals surface area contributed by atoms with Crippen molar-refractivity contribution in [1.29, 1.82) is 0 Å². The van der Waals surface area contributed by atoms with E-state index in [1.54, 1.807) is 19.4 Å². The van der Waals surface area contributed by atoms with E-state index in [-0.39, 0.29) is 5.91 Å². The van der Waals surface area contributed by atoms with Crippen LogP contribution in [0, 0.1) is 0 Å². The molecule has 6 heteroatoms. The van der Waals surface area contributed by atoms with Gasteiger partial charge in [0.1, 0.15) is 6.61 Å². The normalized spacial score (nSPS) is 10.7. The fourth-order valence-corrected chi connectivity index (χ4v) is 2.89. The first-order chi connectivity index (χ1) is 14.6. The fraction of sp³-hybridized carbons (Fsp3) is 0.167. The highest BCUT2D eigenvalue weighted by Crippen LogP contribution is 2.28. The monoisotopic (exact) mass is 422 g/mol. The van der Waals surface area contributed by atoms with Gasteiger partial charge < -0.3 is 9.47 Å². The molecule has 1 N–H and O–H groups in total. The third-order valence-electron chi connectivity index (χ3n) is 4.38. The average molecular weight is 423 g/mol. The van der Waals surface area contributed by atoms with E-state index in [0.717, 1.165) is 16.7 Å². The molecule has 0 aliphatic heterocycles. The Morgan fingerprint density at radius 3 is 2.50 bits per heavy atom. The maximum Gasteiger partial charge on any atom is 0.240 e. The van der Waals surface area contributed by atoms with Gasteiger partial charge in [-0.1, -0.05) is 54.1 Å². The molecule has 0 unspecified atom stereocenters. The number of hydrogen-bond donors (Lipinski definition) is 1. The van der Waals surface area contributed by atoms with Crippen molar-refractivity contribution < 1.29 is 14.3 Å². The zero-order valence-electron chi connectivity index (χ0n) is 16.7. The number of methoxy groups -OCH3 is 1. The van der Waals surface area contributed by atoms with Gasteiger partial charge in [-0.25, -0.2) is 5.43 Å². The molecule has 0 heterocycles. The van der Waals surface area contributed by atoms with Gasteiger partial charge in [0.05, 0.1) is 13.3 Å². The Balaban J connectivity index is 1.52. The Morgan fingerprint density at radius 2 is 1.77 bits per heavy atom. The molecule has 154 valence electrons. The third-order valence-corrected chi connectivity index (χ3v) is 4.63. The Bertz CT molecular complexity index is 989. The van der Waals surface area contributed by atoms with E-state index in [2.05, 4.69) is 10.5 Å². The molecule has 0 radical (unpaired) electrons. The lowest BCUT2D eigenvalue weighted by Crippen LogP contribution is -2.17. The predicted octanol–water partition coefficient (Wildman–Crippen LogP) is 5.01. The highest BCUT2D eigenvalue weighted by molar-refractivity contribution is 6.30. The molecule has 0 saturated carbocycles. The van der Waals surface area contributed by atoms with Crippen LogP contribution >= 0.6 is 11.6 Å². The molecule has 0 atom stereocenters. The van der Waals surface area contributed by atoms with Gasteiger partial charge in [0.25, 0.3) is 0 Å². The second-order valence-corrected chi connectivity index (χ2v) is 7.04. The zero-order valence-corrected chi connectivity index (χ0v) is 17.4. The minimum Gasteiger partial charge on any atom is -0.493 e. The summed E-state index contributed by atoms with van der Waals surface area (Å²) >= 11 is 5.90. The van der Waals surface area contributed by atoms with E-state index in [4.69, 9.17) is 21.1 Å². The summed E-state index contributed by atoms with van der Waals surface area (Å²) in [5.41, 5.74) is 5.46. The van der Waals surface area contributed by atoms with E-state index in [0.29, 0.717) is 36.0 Å². The van der Waals surface area contributed by atoms with Crippen LogP contribution in [-0.4, -0.2) is 19.2 Å². The Kier molecular flexibility index (Phi) is 7.86. The molecule has 0 aromatic heterocycles. The minimum atomic E-state index is -0.134. The SMILES string of the molecule is COc1cc(/C=N\NC(=O)CCc2ccccc2)ccc1OCc1ccc(Cl)cc1. The number of nitrogens with zero attached hydrogens (tertiary/aromatic N) is 1. The van der Waals surface area contributed by atoms with Gasteiger partial charge >= 0.3 is 0 Å². The summed E-state index contributed by atoms with van der Waals surface area (Å²) in [5.74, 6) is 1.07. The molecule has 3 aromatic rings. The Labute approximate surface area is 181 Å². The number of rotatable bonds is 9. The van der Waals surface area contributed by atoms with E-state index >= 15 is 0 Å². The number of ether oxygens (including phenoxy) is 2. The van der Waals surface area contributed by atoms with E-state index < -0.39 is 0 Å². The van der Waals surface area contributed by atoms with Gasteiger partial charge in [-0.2, -0.15) is 5.10 Å². The molecule has 5 nitrogen and oxygen atoms in total. The van der Waals surface area contributed by atoms with Crippen LogP contribution in [0.2, 0.25) is 5.02 Å². The smallest absolute Gasteiger partial charge is 0.240 e. The maximum absolute atomic E-state index is 11.9. The van der Waals surface area contributed by atoms with Gasteiger partial charge in [0.15, 0.2) is 11.5 Å². The second kappa shape index (κ2) is 11.0. The lowest BCUT2D eigenvalue weighted by atomic mass is 10.1. The standard InChI is InChI=1S/C24H23ClN2O3/c1-29-23-15-20(9-13-22(23)30-17-19-7-11-21(25)12-8-19)16-26-27-24(28)14-10-18-5-3-2-4-6-18/h2-9,11-13,15-16H,10,14,17H2,1H3,(H,27,28)/b26-16-. The number of carbonyl (C=O) groups excluding carboxylic acids is 1. The van der Waals surface area contributed by atoms with Crippen molar-refractivity contribution in [3.8, 4) is 11.5 Å². The number of aryl methyl sites for hydroxylation is 1. The molecule has 0 bridgehead atoms. The average Bonchev–Trinajstić information content (AvgIpc) is 2.78. The summed E-state index contributed by atoms with van der Waals surface area (Å²) in [7, 11) is 1.58. The van der Waals surface area contributed by atoms with Crippen molar-refractivity contribution >= 4 is 23.7 Å².